The van der Waals surface area contributed by atoms with Gasteiger partial charge in [-0.1, -0.05) is 52.8 Å². The van der Waals surface area contributed by atoms with Gasteiger partial charge in [-0.15, -0.1) is 0 Å². The molecule has 0 fully saturated rings. The number of rotatable bonds is 5. The Morgan fingerprint density at radius 2 is 1.65 bits per heavy atom. The Bertz CT molecular complexity index is 1580. The van der Waals surface area contributed by atoms with Crippen LogP contribution in [0.2, 0.25) is 0 Å². The summed E-state index contributed by atoms with van der Waals surface area (Å²) in [5.41, 5.74) is 8.80. The van der Waals surface area contributed by atoms with E-state index in [4.69, 9.17) is 4.98 Å². The largest absolute Gasteiger partial charge is 0.507 e. The minimum absolute atomic E-state index is 0.0465. The van der Waals surface area contributed by atoms with E-state index in [0.29, 0.717) is 17.3 Å². The van der Waals surface area contributed by atoms with Crippen molar-refractivity contribution in [1.82, 2.24) is 19.5 Å². The second kappa shape index (κ2) is 9.47. The molecule has 3 heterocycles. The van der Waals surface area contributed by atoms with Gasteiger partial charge >= 0.3 is 0 Å². The van der Waals surface area contributed by atoms with Crippen LogP contribution in [0.1, 0.15) is 45.7 Å². The first-order valence-electron chi connectivity index (χ1n) is 12.8. The number of phenolic OH excluding ortho intramolecular Hbond substituents is 1. The van der Waals surface area contributed by atoms with Gasteiger partial charge in [0, 0.05) is 30.6 Å². The Kier molecular flexibility index (Phi) is 6.32. The highest BCUT2D eigenvalue weighted by Crippen LogP contribution is 2.37. The first-order valence-corrected chi connectivity index (χ1v) is 12.8. The van der Waals surface area contributed by atoms with E-state index in [1.807, 2.05) is 60.4 Å². The van der Waals surface area contributed by atoms with E-state index in [1.165, 1.54) is 5.56 Å². The average molecular weight is 491 g/mol. The van der Waals surface area contributed by atoms with Crippen molar-refractivity contribution in [3.05, 3.63) is 84.2 Å². The van der Waals surface area contributed by atoms with Crippen molar-refractivity contribution in [3.63, 3.8) is 0 Å². The third kappa shape index (κ3) is 4.86. The Morgan fingerprint density at radius 3 is 2.35 bits per heavy atom. The number of aromatic nitrogens is 4. The summed E-state index contributed by atoms with van der Waals surface area (Å²) in [6.45, 7) is 11.0. The van der Waals surface area contributed by atoms with Gasteiger partial charge in [0.05, 0.1) is 11.3 Å². The normalized spacial score (nSPS) is 12.0. The fraction of sp³-hybridized carbons (Fsp3) is 0.281. The lowest BCUT2D eigenvalue weighted by Gasteiger charge is -2.20. The molecule has 0 unspecified atom stereocenters. The fourth-order valence-corrected chi connectivity index (χ4v) is 4.85. The summed E-state index contributed by atoms with van der Waals surface area (Å²) in [6, 6.07) is 20.5. The van der Waals surface area contributed by atoms with Crippen LogP contribution in [-0.2, 0) is 18.9 Å². The predicted octanol–water partition coefficient (Wildman–Crippen LogP) is 7.57. The predicted molar refractivity (Wildman–Crippen MR) is 152 cm³/mol. The molecule has 5 rings (SSSR count). The molecule has 0 bridgehead atoms. The second-order valence-electron chi connectivity index (χ2n) is 11.2. The number of pyridine rings is 2. The number of hydrogen-bond acceptors (Lipinski definition) is 4. The zero-order valence-corrected chi connectivity index (χ0v) is 22.4. The first kappa shape index (κ1) is 24.7. The van der Waals surface area contributed by atoms with E-state index < -0.39 is 0 Å². The molecule has 0 aliphatic heterocycles. The fourth-order valence-electron chi connectivity index (χ4n) is 4.85. The number of imidazole rings is 1. The lowest BCUT2D eigenvalue weighted by atomic mass is 9.86. The Labute approximate surface area is 218 Å². The molecule has 0 aliphatic rings. The summed E-state index contributed by atoms with van der Waals surface area (Å²) in [5.74, 6) is 1.44. The maximum atomic E-state index is 10.8. The molecule has 0 aliphatic carbocycles. The van der Waals surface area contributed by atoms with Gasteiger partial charge in [0.15, 0.2) is 5.65 Å². The molecule has 5 nitrogen and oxygen atoms in total. The van der Waals surface area contributed by atoms with Gasteiger partial charge in [0.1, 0.15) is 17.1 Å². The summed E-state index contributed by atoms with van der Waals surface area (Å²) in [4.78, 5) is 14.3. The number of hydrogen-bond donors (Lipinski definition) is 1. The van der Waals surface area contributed by atoms with Gasteiger partial charge in [-0.05, 0) is 76.9 Å². The van der Waals surface area contributed by atoms with Gasteiger partial charge in [0.25, 0.3) is 0 Å². The third-order valence-corrected chi connectivity index (χ3v) is 6.77. The topological polar surface area (TPSA) is 63.8 Å². The van der Waals surface area contributed by atoms with Crippen LogP contribution in [0.3, 0.4) is 0 Å². The van der Waals surface area contributed by atoms with Crippen molar-refractivity contribution in [2.75, 3.05) is 0 Å². The summed E-state index contributed by atoms with van der Waals surface area (Å²) in [5, 5.41) is 10.8. The number of aromatic hydroxyl groups is 1. The average Bonchev–Trinajstić information content (AvgIpc) is 3.20. The van der Waals surface area contributed by atoms with Crippen LogP contribution in [-0.4, -0.2) is 24.6 Å². The number of nitrogens with zero attached hydrogens (tertiary/aromatic N) is 4. The molecule has 188 valence electrons. The second-order valence-corrected chi connectivity index (χ2v) is 11.2. The molecular weight excluding hydrogens is 456 g/mol. The van der Waals surface area contributed by atoms with Gasteiger partial charge in [0.2, 0.25) is 0 Å². The molecule has 0 radical (unpaired) electrons. The zero-order chi connectivity index (χ0) is 26.3. The molecular formula is C32H34N4O. The minimum atomic E-state index is -0.0465. The molecule has 0 spiro atoms. The lowest BCUT2D eigenvalue weighted by molar-refractivity contribution is 0.475. The molecule has 0 saturated carbocycles. The maximum Gasteiger partial charge on any atom is 0.160 e. The van der Waals surface area contributed by atoms with Crippen LogP contribution in [0.5, 0.6) is 5.75 Å². The van der Waals surface area contributed by atoms with Crippen LogP contribution in [0.25, 0.3) is 44.9 Å². The van der Waals surface area contributed by atoms with E-state index in [1.54, 1.807) is 6.07 Å². The summed E-state index contributed by atoms with van der Waals surface area (Å²) < 4.78 is 1.97. The van der Waals surface area contributed by atoms with Gasteiger partial charge in [-0.3, -0.25) is 4.98 Å². The Morgan fingerprint density at radius 1 is 0.865 bits per heavy atom. The summed E-state index contributed by atoms with van der Waals surface area (Å²) in [7, 11) is 1.96. The summed E-state index contributed by atoms with van der Waals surface area (Å²) in [6.07, 6.45) is 4.64. The number of fused-ring (bicyclic) bond motifs is 1. The Hall–Kier alpha value is -3.99. The lowest BCUT2D eigenvalue weighted by Crippen LogP contribution is -2.11. The quantitative estimate of drug-likeness (QED) is 0.276. The van der Waals surface area contributed by atoms with Crippen molar-refractivity contribution in [1.29, 1.82) is 0 Å². The van der Waals surface area contributed by atoms with E-state index in [-0.39, 0.29) is 11.2 Å². The van der Waals surface area contributed by atoms with Crippen LogP contribution in [0.15, 0.2) is 73.1 Å². The third-order valence-electron chi connectivity index (χ3n) is 6.77. The van der Waals surface area contributed by atoms with E-state index in [0.717, 1.165) is 45.5 Å². The Balaban J connectivity index is 1.71. The molecule has 3 aromatic heterocycles. The number of benzene rings is 2. The first-order chi connectivity index (χ1) is 17.6. The molecule has 0 amide bonds. The van der Waals surface area contributed by atoms with Crippen molar-refractivity contribution in [2.45, 2.75) is 46.5 Å². The SMILES string of the molecule is CC(C)Cc1cc(-c2ccccn2)cc(-c2ccnc3c2nc(-c2cc(C(C)(C)C)ccc2O)n3C)c1. The molecule has 5 heteroatoms. The van der Waals surface area contributed by atoms with Crippen LogP contribution in [0.4, 0.5) is 0 Å². The number of aryl methyl sites for hydroxylation is 1. The minimum Gasteiger partial charge on any atom is -0.507 e. The molecule has 5 aromatic rings. The molecule has 0 atom stereocenters. The smallest absolute Gasteiger partial charge is 0.160 e. The highest BCUT2D eigenvalue weighted by atomic mass is 16.3. The van der Waals surface area contributed by atoms with Crippen molar-refractivity contribution in [2.24, 2.45) is 13.0 Å². The molecule has 37 heavy (non-hydrogen) atoms. The van der Waals surface area contributed by atoms with Crippen molar-refractivity contribution >= 4 is 11.2 Å². The standard InChI is InChI=1S/C32H34N4O/c1-20(2)15-21-16-22(18-23(17-21)27-9-7-8-13-33-27)25-12-14-34-31-29(25)35-30(36(31)6)26-19-24(32(3,4)5)10-11-28(26)37/h7-14,16-20,37H,15H2,1-6H3. The van der Waals surface area contributed by atoms with Gasteiger partial charge in [-0.25, -0.2) is 9.97 Å². The van der Waals surface area contributed by atoms with Crippen molar-refractivity contribution < 1.29 is 5.11 Å². The van der Waals surface area contributed by atoms with Crippen LogP contribution >= 0.6 is 0 Å². The van der Waals surface area contributed by atoms with E-state index >= 15 is 0 Å². The van der Waals surface area contributed by atoms with Crippen LogP contribution < -0.4 is 0 Å². The number of phenols is 1. The van der Waals surface area contributed by atoms with E-state index in [9.17, 15) is 5.11 Å². The van der Waals surface area contributed by atoms with E-state index in [2.05, 4.69) is 62.8 Å². The highest BCUT2D eigenvalue weighted by molar-refractivity contribution is 5.93. The van der Waals surface area contributed by atoms with Crippen LogP contribution in [0, 0.1) is 5.92 Å². The maximum absolute atomic E-state index is 10.8. The molecule has 2 aromatic carbocycles. The zero-order valence-electron chi connectivity index (χ0n) is 22.4. The summed E-state index contributed by atoms with van der Waals surface area (Å²) >= 11 is 0. The highest BCUT2D eigenvalue weighted by Gasteiger charge is 2.21. The van der Waals surface area contributed by atoms with Crippen molar-refractivity contribution in [3.8, 4) is 39.5 Å². The van der Waals surface area contributed by atoms with Gasteiger partial charge < -0.3 is 9.67 Å². The molecule has 0 saturated heterocycles. The molecule has 1 N–H and O–H groups in total. The monoisotopic (exact) mass is 490 g/mol. The van der Waals surface area contributed by atoms with Gasteiger partial charge in [-0.2, -0.15) is 0 Å².